The highest BCUT2D eigenvalue weighted by atomic mass is 79.9. The number of anilines is 1. The van der Waals surface area contributed by atoms with Crippen LogP contribution in [-0.4, -0.2) is 14.0 Å². The van der Waals surface area contributed by atoms with E-state index in [1.54, 1.807) is 0 Å². The zero-order valence-electron chi connectivity index (χ0n) is 20.5. The number of hydrogen-bond acceptors (Lipinski definition) is 1. The number of nitrogens with one attached hydrogen (secondary N) is 1. The highest BCUT2D eigenvalue weighted by molar-refractivity contribution is 9.10. The average Bonchev–Trinajstić information content (AvgIpc) is 3.30. The van der Waals surface area contributed by atoms with Crippen LogP contribution in [0.4, 0.5) is 5.69 Å². The van der Waals surface area contributed by atoms with Crippen LogP contribution in [0.5, 0.6) is 0 Å². The summed E-state index contributed by atoms with van der Waals surface area (Å²) in [6, 6.07) is 25.7. The lowest BCUT2D eigenvalue weighted by molar-refractivity contribution is 0.647. The maximum atomic E-state index is 6.20. The number of benzene rings is 3. The van der Waals surface area contributed by atoms with Crippen molar-refractivity contribution in [2.24, 2.45) is 0 Å². The molecule has 0 saturated heterocycles. The molecule has 1 aliphatic rings. The Balaban J connectivity index is 1.62. The molecule has 1 aliphatic heterocycles. The third-order valence-corrected chi connectivity index (χ3v) is 8.10. The van der Waals surface area contributed by atoms with Crippen LogP contribution in [0.25, 0.3) is 28.0 Å². The first-order chi connectivity index (χ1) is 17.5. The van der Waals surface area contributed by atoms with Gasteiger partial charge in [-0.1, -0.05) is 88.8 Å². The first-order valence-corrected chi connectivity index (χ1v) is 13.7. The van der Waals surface area contributed by atoms with Gasteiger partial charge in [0.2, 0.25) is 0 Å². The zero-order chi connectivity index (χ0) is 24.8. The smallest absolute Gasteiger partial charge is 0.128 e. The molecule has 3 heterocycles. The van der Waals surface area contributed by atoms with Crippen molar-refractivity contribution in [2.45, 2.75) is 39.7 Å². The lowest BCUT2D eigenvalue weighted by Crippen LogP contribution is -2.15. The molecule has 0 amide bonds. The van der Waals surface area contributed by atoms with Gasteiger partial charge < -0.3 is 9.88 Å². The largest absolute Gasteiger partial charge is 0.344 e. The fourth-order valence-corrected chi connectivity index (χ4v) is 6.13. The van der Waals surface area contributed by atoms with Gasteiger partial charge in [-0.15, -0.1) is 0 Å². The molecular weight excluding hydrogens is 526 g/mol. The summed E-state index contributed by atoms with van der Waals surface area (Å²) in [6.45, 7) is 5.28. The number of aromatic nitrogens is 2. The minimum atomic E-state index is 0.754. The summed E-state index contributed by atoms with van der Waals surface area (Å²) in [6.07, 6.45) is 5.66. The van der Waals surface area contributed by atoms with E-state index < -0.39 is 0 Å². The quantitative estimate of drug-likeness (QED) is 0.225. The SMILES string of the molecule is Cc1cccc(C)c1NC(=S)c1c(-c2ccc(Br)cc2)c2c3n(c(-c4ccccc4)cn13)CCCC2. The van der Waals surface area contributed by atoms with Crippen molar-refractivity contribution < 1.29 is 0 Å². The second-order valence-corrected chi connectivity index (χ2v) is 10.9. The van der Waals surface area contributed by atoms with E-state index in [2.05, 4.69) is 123 Å². The van der Waals surface area contributed by atoms with Gasteiger partial charge >= 0.3 is 0 Å². The van der Waals surface area contributed by atoms with Crippen molar-refractivity contribution in [2.75, 3.05) is 5.32 Å². The summed E-state index contributed by atoms with van der Waals surface area (Å²) in [4.78, 5) is 0.754. The molecule has 1 N–H and O–H groups in total. The summed E-state index contributed by atoms with van der Waals surface area (Å²) >= 11 is 9.81. The van der Waals surface area contributed by atoms with Crippen molar-refractivity contribution in [3.05, 3.63) is 106 Å². The molecule has 2 aromatic heterocycles. The topological polar surface area (TPSA) is 21.4 Å². The summed E-state index contributed by atoms with van der Waals surface area (Å²) in [5.74, 6) is 0. The van der Waals surface area contributed by atoms with E-state index in [-0.39, 0.29) is 0 Å². The van der Waals surface area contributed by atoms with Gasteiger partial charge in [0.1, 0.15) is 10.6 Å². The summed E-state index contributed by atoms with van der Waals surface area (Å²) in [5.41, 5.74) is 12.1. The summed E-state index contributed by atoms with van der Waals surface area (Å²) < 4.78 is 5.93. The second kappa shape index (κ2) is 9.38. The molecule has 0 spiro atoms. The van der Waals surface area contributed by atoms with Gasteiger partial charge in [-0.25, -0.2) is 0 Å². The summed E-state index contributed by atoms with van der Waals surface area (Å²) in [7, 11) is 0. The summed E-state index contributed by atoms with van der Waals surface area (Å²) in [5, 5.41) is 3.64. The fraction of sp³-hybridized carbons (Fsp3) is 0.194. The molecule has 0 aliphatic carbocycles. The van der Waals surface area contributed by atoms with E-state index in [1.807, 2.05) is 0 Å². The molecule has 180 valence electrons. The van der Waals surface area contributed by atoms with Crippen molar-refractivity contribution in [3.8, 4) is 22.4 Å². The number of rotatable bonds is 4. The highest BCUT2D eigenvalue weighted by Gasteiger charge is 2.28. The van der Waals surface area contributed by atoms with Gasteiger partial charge in [0.05, 0.1) is 11.4 Å². The van der Waals surface area contributed by atoms with Crippen molar-refractivity contribution in [1.29, 1.82) is 0 Å². The molecule has 5 heteroatoms. The minimum Gasteiger partial charge on any atom is -0.344 e. The van der Waals surface area contributed by atoms with E-state index in [0.717, 1.165) is 40.2 Å². The van der Waals surface area contributed by atoms with E-state index in [9.17, 15) is 0 Å². The van der Waals surface area contributed by atoms with E-state index in [1.165, 1.54) is 51.1 Å². The van der Waals surface area contributed by atoms with Gasteiger partial charge in [0.25, 0.3) is 0 Å². The van der Waals surface area contributed by atoms with Crippen LogP contribution >= 0.6 is 28.1 Å². The Morgan fingerprint density at radius 1 is 0.861 bits per heavy atom. The Morgan fingerprint density at radius 2 is 1.58 bits per heavy atom. The molecule has 5 aromatic rings. The molecule has 3 aromatic carbocycles. The molecule has 3 nitrogen and oxygen atoms in total. The third kappa shape index (κ3) is 3.91. The molecule has 0 bridgehead atoms. The van der Waals surface area contributed by atoms with E-state index in [0.29, 0.717) is 0 Å². The highest BCUT2D eigenvalue weighted by Crippen LogP contribution is 2.40. The average molecular weight is 555 g/mol. The molecule has 0 saturated carbocycles. The number of hydrogen-bond donors (Lipinski definition) is 1. The maximum Gasteiger partial charge on any atom is 0.128 e. The van der Waals surface area contributed by atoms with Crippen LogP contribution in [0.3, 0.4) is 0 Å². The third-order valence-electron chi connectivity index (χ3n) is 7.27. The van der Waals surface area contributed by atoms with Crippen LogP contribution < -0.4 is 5.32 Å². The predicted octanol–water partition coefficient (Wildman–Crippen LogP) is 8.58. The lowest BCUT2D eigenvalue weighted by atomic mass is 9.98. The van der Waals surface area contributed by atoms with Gasteiger partial charge in [-0.3, -0.25) is 4.40 Å². The van der Waals surface area contributed by atoms with E-state index in [4.69, 9.17) is 12.2 Å². The maximum absolute atomic E-state index is 6.20. The Bertz CT molecular complexity index is 1570. The van der Waals surface area contributed by atoms with Gasteiger partial charge in [0, 0.05) is 34.0 Å². The molecule has 6 rings (SSSR count). The van der Waals surface area contributed by atoms with Crippen molar-refractivity contribution >= 4 is 44.5 Å². The van der Waals surface area contributed by atoms with Crippen LogP contribution in [-0.2, 0) is 13.0 Å². The number of nitrogens with zero attached hydrogens (tertiary/aromatic N) is 2. The number of imidazole rings is 1. The normalized spacial score (nSPS) is 13.1. The fourth-order valence-electron chi connectivity index (χ4n) is 5.56. The predicted molar refractivity (Wildman–Crippen MR) is 158 cm³/mol. The number of para-hydroxylation sites is 1. The molecular formula is C31H28BrN3S. The molecule has 0 atom stereocenters. The molecule has 0 fully saturated rings. The molecule has 0 radical (unpaired) electrons. The Hall–Kier alpha value is -3.15. The van der Waals surface area contributed by atoms with Crippen LogP contribution in [0.15, 0.2) is 83.5 Å². The van der Waals surface area contributed by atoms with Crippen LogP contribution in [0.1, 0.15) is 35.2 Å². The van der Waals surface area contributed by atoms with Crippen molar-refractivity contribution in [3.63, 3.8) is 0 Å². The molecule has 36 heavy (non-hydrogen) atoms. The Labute approximate surface area is 225 Å². The monoisotopic (exact) mass is 553 g/mol. The van der Waals surface area contributed by atoms with Gasteiger partial charge in [0.15, 0.2) is 0 Å². The number of halogens is 1. The van der Waals surface area contributed by atoms with Crippen LogP contribution in [0, 0.1) is 13.8 Å². The van der Waals surface area contributed by atoms with Gasteiger partial charge in [-0.05, 0) is 67.5 Å². The number of thiocarbonyl (C=S) groups is 1. The standard InChI is InChI=1S/C31H28BrN3S/c1-20-9-8-10-21(2)28(20)33-30(36)29-27(23-14-16-24(32)17-15-23)25-13-6-7-18-34-26(19-35(29)31(25)34)22-11-4-3-5-12-22/h3-5,8-12,14-17,19H,6-7,13,18H2,1-2H3,(H,33,36). The number of aryl methyl sites for hydroxylation is 4. The Kier molecular flexibility index (Phi) is 6.06. The zero-order valence-corrected chi connectivity index (χ0v) is 22.9. The first kappa shape index (κ1) is 23.3. The minimum absolute atomic E-state index is 0.754. The van der Waals surface area contributed by atoms with Gasteiger partial charge in [-0.2, -0.15) is 0 Å². The van der Waals surface area contributed by atoms with Crippen LogP contribution in [0.2, 0.25) is 0 Å². The second-order valence-electron chi connectivity index (χ2n) is 9.61. The van der Waals surface area contributed by atoms with E-state index >= 15 is 0 Å². The first-order valence-electron chi connectivity index (χ1n) is 12.5. The molecule has 0 unspecified atom stereocenters. The van der Waals surface area contributed by atoms with Crippen molar-refractivity contribution in [1.82, 2.24) is 8.97 Å². The Morgan fingerprint density at radius 3 is 2.31 bits per heavy atom. The lowest BCUT2D eigenvalue weighted by Gasteiger charge is -2.15.